The number of carbonyl (C=O) groups is 2. The number of aliphatic hydroxyl groups excluding tert-OH is 1. The van der Waals surface area contributed by atoms with E-state index in [4.69, 9.17) is 10.2 Å². The van der Waals surface area contributed by atoms with E-state index in [1.54, 1.807) is 0 Å². The molecule has 0 bridgehead atoms. The molecule has 0 aromatic heterocycles. The normalized spacial score (nSPS) is 37.5. The number of fused-ring (bicyclic) bond motifs is 1. The zero-order valence-electron chi connectivity index (χ0n) is 9.32. The van der Waals surface area contributed by atoms with Crippen molar-refractivity contribution in [3.8, 4) is 0 Å². The number of amides is 1. The minimum atomic E-state index is -3.79. The molecule has 0 radical (unpaired) electrons. The van der Waals surface area contributed by atoms with E-state index in [-0.39, 0.29) is 0 Å². The summed E-state index contributed by atoms with van der Waals surface area (Å²) in [5.74, 6) is -2.98. The maximum atomic E-state index is 12.1. The van der Waals surface area contributed by atoms with E-state index < -0.39 is 50.4 Å². The molecule has 2 saturated heterocycles. The van der Waals surface area contributed by atoms with Crippen LogP contribution in [0.1, 0.15) is 13.8 Å². The molecule has 7 nitrogen and oxygen atoms in total. The summed E-state index contributed by atoms with van der Waals surface area (Å²) in [5, 5.41) is 16.8. The molecule has 2 aliphatic rings. The SMILES string of the molecule is CC1(C)[C@H](C(=O)O)N2C(=O)C(CO)C2S1(=O)=O. The van der Waals surface area contributed by atoms with Gasteiger partial charge in [-0.25, -0.2) is 13.2 Å². The number of sulfone groups is 1. The Morgan fingerprint density at radius 1 is 1.47 bits per heavy atom. The summed E-state index contributed by atoms with van der Waals surface area (Å²) in [6.45, 7) is 2.00. The van der Waals surface area contributed by atoms with Crippen LogP contribution in [-0.2, 0) is 19.4 Å². The van der Waals surface area contributed by atoms with Crippen molar-refractivity contribution in [2.75, 3.05) is 6.61 Å². The van der Waals surface area contributed by atoms with Crippen LogP contribution in [0.25, 0.3) is 0 Å². The second-order valence-electron chi connectivity index (χ2n) is 4.81. The van der Waals surface area contributed by atoms with Crippen LogP contribution in [0.15, 0.2) is 0 Å². The zero-order chi connectivity index (χ0) is 13.2. The van der Waals surface area contributed by atoms with Crippen molar-refractivity contribution >= 4 is 21.7 Å². The van der Waals surface area contributed by atoms with Crippen molar-refractivity contribution in [3.63, 3.8) is 0 Å². The maximum absolute atomic E-state index is 12.1. The summed E-state index contributed by atoms with van der Waals surface area (Å²) in [6.07, 6.45) is 0. The minimum Gasteiger partial charge on any atom is -0.480 e. The smallest absolute Gasteiger partial charge is 0.328 e. The van der Waals surface area contributed by atoms with Crippen LogP contribution in [0.4, 0.5) is 0 Å². The highest BCUT2D eigenvalue weighted by molar-refractivity contribution is 7.93. The number of aliphatic carboxylic acids is 1. The molecule has 2 unspecified atom stereocenters. The molecule has 2 fully saturated rings. The van der Waals surface area contributed by atoms with Gasteiger partial charge < -0.3 is 15.1 Å². The molecular weight excluding hydrogens is 250 g/mol. The third-order valence-corrected chi connectivity index (χ3v) is 6.49. The highest BCUT2D eigenvalue weighted by Gasteiger charge is 2.71. The first-order valence-electron chi connectivity index (χ1n) is 5.07. The number of β-lactam (4-membered cyclic amide) rings is 1. The van der Waals surface area contributed by atoms with Crippen molar-refractivity contribution in [1.29, 1.82) is 0 Å². The van der Waals surface area contributed by atoms with Gasteiger partial charge in [-0.3, -0.25) is 4.79 Å². The standard InChI is InChI=1S/C9H13NO6S/c1-9(2)5(8(13)14)10-6(12)4(3-11)7(10)17(9,15)16/h4-5,7,11H,3H2,1-2H3,(H,13,14)/t4?,5-,7?/m0/s1. The Labute approximate surface area is 97.9 Å². The lowest BCUT2D eigenvalue weighted by Crippen LogP contribution is -2.64. The predicted octanol–water partition coefficient (Wildman–Crippen LogP) is -1.58. The molecule has 2 rings (SSSR count). The van der Waals surface area contributed by atoms with Gasteiger partial charge in [0.1, 0.15) is 11.4 Å². The summed E-state index contributed by atoms with van der Waals surface area (Å²) in [7, 11) is -3.79. The van der Waals surface area contributed by atoms with Crippen LogP contribution in [0, 0.1) is 5.92 Å². The van der Waals surface area contributed by atoms with Crippen molar-refractivity contribution in [3.05, 3.63) is 0 Å². The number of nitrogens with zero attached hydrogens (tertiary/aromatic N) is 1. The van der Waals surface area contributed by atoms with Gasteiger partial charge >= 0.3 is 5.97 Å². The zero-order valence-corrected chi connectivity index (χ0v) is 10.1. The molecule has 8 heteroatoms. The first-order chi connectivity index (χ1) is 7.67. The average Bonchev–Trinajstić information content (AvgIpc) is 2.32. The lowest BCUT2D eigenvalue weighted by molar-refractivity contribution is -0.165. The van der Waals surface area contributed by atoms with E-state index in [0.717, 1.165) is 4.90 Å². The fraction of sp³-hybridized carbons (Fsp3) is 0.778. The lowest BCUT2D eigenvalue weighted by Gasteiger charge is -2.41. The predicted molar refractivity (Wildman–Crippen MR) is 55.6 cm³/mol. The van der Waals surface area contributed by atoms with Gasteiger partial charge in [-0.1, -0.05) is 0 Å². The lowest BCUT2D eigenvalue weighted by atomic mass is 9.92. The average molecular weight is 263 g/mol. The fourth-order valence-corrected chi connectivity index (χ4v) is 4.88. The van der Waals surface area contributed by atoms with E-state index in [0.29, 0.717) is 0 Å². The highest BCUT2D eigenvalue weighted by atomic mass is 32.2. The molecule has 0 aromatic carbocycles. The number of carbonyl (C=O) groups excluding carboxylic acids is 1. The van der Waals surface area contributed by atoms with Crippen molar-refractivity contribution in [2.45, 2.75) is 30.0 Å². The van der Waals surface area contributed by atoms with Crippen LogP contribution in [0.3, 0.4) is 0 Å². The van der Waals surface area contributed by atoms with Crippen molar-refractivity contribution < 1.29 is 28.2 Å². The minimum absolute atomic E-state index is 0.582. The Hall–Kier alpha value is -1.15. The van der Waals surface area contributed by atoms with Gasteiger partial charge in [0, 0.05) is 0 Å². The number of hydrogen-bond acceptors (Lipinski definition) is 5. The Morgan fingerprint density at radius 2 is 2.00 bits per heavy atom. The van der Waals surface area contributed by atoms with Gasteiger partial charge in [0.05, 0.1) is 17.3 Å². The van der Waals surface area contributed by atoms with Gasteiger partial charge in [0.25, 0.3) is 0 Å². The van der Waals surface area contributed by atoms with E-state index >= 15 is 0 Å². The molecule has 1 amide bonds. The number of aliphatic hydroxyl groups is 1. The molecule has 0 aliphatic carbocycles. The number of carboxylic acid groups (broad SMARTS) is 1. The van der Waals surface area contributed by atoms with Crippen molar-refractivity contribution in [2.24, 2.45) is 5.92 Å². The van der Waals surface area contributed by atoms with Crippen LogP contribution in [0.2, 0.25) is 0 Å². The summed E-state index contributed by atoms with van der Waals surface area (Å²) in [6, 6.07) is -1.38. The molecule has 2 N–H and O–H groups in total. The molecular formula is C9H13NO6S. The third-order valence-electron chi connectivity index (χ3n) is 3.61. The molecule has 2 aliphatic heterocycles. The molecule has 0 saturated carbocycles. The molecule has 2 heterocycles. The number of carboxylic acids is 1. The van der Waals surface area contributed by atoms with E-state index in [2.05, 4.69) is 0 Å². The topological polar surface area (TPSA) is 112 Å². The van der Waals surface area contributed by atoms with E-state index in [1.807, 2.05) is 0 Å². The monoisotopic (exact) mass is 263 g/mol. The van der Waals surface area contributed by atoms with Gasteiger partial charge in [0.15, 0.2) is 9.84 Å². The first-order valence-corrected chi connectivity index (χ1v) is 6.62. The van der Waals surface area contributed by atoms with Gasteiger partial charge in [-0.2, -0.15) is 0 Å². The Balaban J connectivity index is 2.56. The van der Waals surface area contributed by atoms with Crippen LogP contribution >= 0.6 is 0 Å². The molecule has 0 spiro atoms. The fourth-order valence-electron chi connectivity index (χ4n) is 2.58. The molecule has 96 valence electrons. The van der Waals surface area contributed by atoms with E-state index in [9.17, 15) is 18.0 Å². The molecule has 3 atom stereocenters. The van der Waals surface area contributed by atoms with E-state index in [1.165, 1.54) is 13.8 Å². The summed E-state index contributed by atoms with van der Waals surface area (Å²) in [5.41, 5.74) is 0. The number of rotatable bonds is 2. The summed E-state index contributed by atoms with van der Waals surface area (Å²) >= 11 is 0. The number of hydrogen-bond donors (Lipinski definition) is 2. The van der Waals surface area contributed by atoms with Crippen LogP contribution in [0.5, 0.6) is 0 Å². The molecule has 17 heavy (non-hydrogen) atoms. The Bertz CT molecular complexity index is 496. The summed E-state index contributed by atoms with van der Waals surface area (Å²) in [4.78, 5) is 23.6. The third kappa shape index (κ3) is 1.17. The largest absolute Gasteiger partial charge is 0.480 e. The second kappa shape index (κ2) is 3.20. The molecule has 0 aromatic rings. The maximum Gasteiger partial charge on any atom is 0.328 e. The van der Waals surface area contributed by atoms with Gasteiger partial charge in [0.2, 0.25) is 5.91 Å². The van der Waals surface area contributed by atoms with Crippen molar-refractivity contribution in [1.82, 2.24) is 4.90 Å². The quantitative estimate of drug-likeness (QED) is 0.582. The second-order valence-corrected chi connectivity index (χ2v) is 7.44. The van der Waals surface area contributed by atoms with Crippen LogP contribution in [-0.4, -0.2) is 58.2 Å². The van der Waals surface area contributed by atoms with Crippen LogP contribution < -0.4 is 0 Å². The Kier molecular flexibility index (Phi) is 2.32. The summed E-state index contributed by atoms with van der Waals surface area (Å²) < 4.78 is 22.7. The first kappa shape index (κ1) is 12.3. The van der Waals surface area contributed by atoms with Gasteiger partial charge in [-0.15, -0.1) is 0 Å². The van der Waals surface area contributed by atoms with Gasteiger partial charge in [-0.05, 0) is 13.8 Å². The highest BCUT2D eigenvalue weighted by Crippen LogP contribution is 2.48. The Morgan fingerprint density at radius 3 is 2.41 bits per heavy atom.